The van der Waals surface area contributed by atoms with Crippen LogP contribution < -0.4 is 15.5 Å². The molecule has 2 heterocycles. The molecule has 4 rings (SSSR count). The minimum Gasteiger partial charge on any atom is -0.411 e. The summed E-state index contributed by atoms with van der Waals surface area (Å²) in [7, 11) is 0. The Morgan fingerprint density at radius 3 is 2.75 bits per heavy atom. The lowest BCUT2D eigenvalue weighted by Crippen LogP contribution is -2.23. The Hall–Kier alpha value is -3.98. The number of carbonyl (C=O) groups is 2. The van der Waals surface area contributed by atoms with Gasteiger partial charge in [-0.05, 0) is 29.3 Å². The summed E-state index contributed by atoms with van der Waals surface area (Å²) >= 11 is 0. The van der Waals surface area contributed by atoms with Crippen molar-refractivity contribution >= 4 is 17.7 Å². The number of nitrogens with one attached hydrogen (secondary N) is 3. The lowest BCUT2D eigenvalue weighted by atomic mass is 10.0. The zero-order valence-corrected chi connectivity index (χ0v) is 17.4. The summed E-state index contributed by atoms with van der Waals surface area (Å²) in [6, 6.07) is 12.2. The van der Waals surface area contributed by atoms with Gasteiger partial charge in [-0.3, -0.25) is 9.69 Å². The Kier molecular flexibility index (Phi) is 6.27. The number of rotatable bonds is 7. The van der Waals surface area contributed by atoms with Crippen molar-refractivity contribution in [2.45, 2.75) is 20.0 Å². The molecule has 3 N–H and O–H groups in total. The summed E-state index contributed by atoms with van der Waals surface area (Å²) in [6.07, 6.45) is 4.19. The van der Waals surface area contributed by atoms with Gasteiger partial charge in [0.15, 0.2) is 0 Å². The maximum atomic E-state index is 14.9. The Balaban J connectivity index is 1.41. The number of cyclic esters (lactones) is 1. The van der Waals surface area contributed by atoms with Gasteiger partial charge in [-0.15, -0.1) is 0 Å². The topological polar surface area (TPSA) is 99.4 Å². The van der Waals surface area contributed by atoms with E-state index in [9.17, 15) is 14.0 Å². The third-order valence-electron chi connectivity index (χ3n) is 4.89. The first-order chi connectivity index (χ1) is 15.5. The molecule has 32 heavy (non-hydrogen) atoms. The van der Waals surface area contributed by atoms with Gasteiger partial charge >= 0.3 is 6.09 Å². The number of nitrogens with zero attached hydrogens (tertiary/aromatic N) is 2. The van der Waals surface area contributed by atoms with Crippen molar-refractivity contribution < 1.29 is 18.7 Å². The Morgan fingerprint density at radius 1 is 1.25 bits per heavy atom. The van der Waals surface area contributed by atoms with Crippen LogP contribution in [-0.4, -0.2) is 28.5 Å². The van der Waals surface area contributed by atoms with Gasteiger partial charge in [0.05, 0.1) is 18.8 Å². The molecule has 2 amide bonds. The van der Waals surface area contributed by atoms with Crippen LogP contribution in [0.4, 0.5) is 14.9 Å². The number of halogens is 1. The molecule has 1 aliphatic heterocycles. The van der Waals surface area contributed by atoms with Crippen LogP contribution in [0.1, 0.15) is 18.3 Å². The van der Waals surface area contributed by atoms with Crippen molar-refractivity contribution in [3.63, 3.8) is 0 Å². The summed E-state index contributed by atoms with van der Waals surface area (Å²) in [6.45, 7) is 2.75. The fraction of sp³-hybridized carbons (Fsp3) is 0.174. The predicted octanol–water partition coefficient (Wildman–Crippen LogP) is 3.44. The quantitative estimate of drug-likeness (QED) is 0.528. The Labute approximate surface area is 184 Å². The number of carbonyl (C=O) groups excluding carboxylic acids is 2. The van der Waals surface area contributed by atoms with E-state index in [-0.39, 0.29) is 18.2 Å². The average molecular weight is 435 g/mol. The van der Waals surface area contributed by atoms with E-state index in [1.54, 1.807) is 24.5 Å². The molecule has 0 spiro atoms. The predicted molar refractivity (Wildman–Crippen MR) is 117 cm³/mol. The first-order valence-electron chi connectivity index (χ1n) is 10.0. The molecule has 0 radical (unpaired) electrons. The van der Waals surface area contributed by atoms with Crippen molar-refractivity contribution in [2.24, 2.45) is 0 Å². The van der Waals surface area contributed by atoms with Gasteiger partial charge < -0.3 is 20.4 Å². The third kappa shape index (κ3) is 5.01. The molecule has 0 bridgehead atoms. The van der Waals surface area contributed by atoms with Crippen LogP contribution in [0.15, 0.2) is 66.8 Å². The van der Waals surface area contributed by atoms with E-state index in [4.69, 9.17) is 4.74 Å². The van der Waals surface area contributed by atoms with Crippen molar-refractivity contribution in [1.82, 2.24) is 20.6 Å². The summed E-state index contributed by atoms with van der Waals surface area (Å²) < 4.78 is 20.0. The van der Waals surface area contributed by atoms with Gasteiger partial charge in [-0.1, -0.05) is 24.3 Å². The van der Waals surface area contributed by atoms with E-state index < -0.39 is 11.9 Å². The van der Waals surface area contributed by atoms with E-state index in [0.29, 0.717) is 24.3 Å². The second-order valence-electron chi connectivity index (χ2n) is 7.27. The fourth-order valence-electron chi connectivity index (χ4n) is 3.30. The standard InChI is InChI=1S/C23H22FN5O3/c1-15(30)28-12-19-14-29(23(31)32-19)18-6-7-20(21(24)10-18)17-4-2-16(3-5-17)11-25-13-22-26-8-9-27-22/h2-10,12,25H,11,13-14H2,1H3,(H,26,27)(H,28,30)/b19-12+. The second kappa shape index (κ2) is 9.44. The van der Waals surface area contributed by atoms with Gasteiger partial charge in [0.1, 0.15) is 17.4 Å². The molecule has 164 valence electrons. The SMILES string of the molecule is CC(=O)N/C=C1\CN(c2ccc(-c3ccc(CNCc4ncc[nH]4)cc3)c(F)c2)C(=O)O1. The van der Waals surface area contributed by atoms with Crippen LogP contribution in [-0.2, 0) is 22.6 Å². The van der Waals surface area contributed by atoms with Gasteiger partial charge in [0.2, 0.25) is 5.91 Å². The molecule has 2 aromatic carbocycles. The summed E-state index contributed by atoms with van der Waals surface area (Å²) in [5.41, 5.74) is 2.61. The van der Waals surface area contributed by atoms with Gasteiger partial charge in [0, 0.05) is 37.6 Å². The molecule has 0 atom stereocenters. The highest BCUT2D eigenvalue weighted by atomic mass is 19.1. The maximum absolute atomic E-state index is 14.9. The zero-order valence-electron chi connectivity index (χ0n) is 17.4. The normalized spacial score (nSPS) is 14.6. The van der Waals surface area contributed by atoms with Crippen molar-refractivity contribution in [2.75, 3.05) is 11.4 Å². The minimum absolute atomic E-state index is 0.109. The Bertz CT molecular complexity index is 1140. The summed E-state index contributed by atoms with van der Waals surface area (Å²) in [4.78, 5) is 31.6. The average Bonchev–Trinajstić information content (AvgIpc) is 3.42. The number of aromatic amines is 1. The lowest BCUT2D eigenvalue weighted by Gasteiger charge is -2.14. The van der Waals surface area contributed by atoms with E-state index in [1.165, 1.54) is 24.1 Å². The number of aromatic nitrogens is 2. The molecule has 1 fully saturated rings. The number of hydrogen-bond donors (Lipinski definition) is 3. The van der Waals surface area contributed by atoms with Crippen LogP contribution in [0.3, 0.4) is 0 Å². The fourth-order valence-corrected chi connectivity index (χ4v) is 3.30. The molecule has 1 saturated heterocycles. The molecule has 1 aliphatic rings. The number of imidazole rings is 1. The van der Waals surface area contributed by atoms with Crippen LogP contribution in [0.25, 0.3) is 11.1 Å². The van der Waals surface area contributed by atoms with Crippen LogP contribution >= 0.6 is 0 Å². The second-order valence-corrected chi connectivity index (χ2v) is 7.27. The monoisotopic (exact) mass is 435 g/mol. The molecule has 3 aromatic rings. The van der Waals surface area contributed by atoms with E-state index in [1.807, 2.05) is 24.3 Å². The van der Waals surface area contributed by atoms with Crippen LogP contribution in [0.5, 0.6) is 0 Å². The van der Waals surface area contributed by atoms with E-state index in [0.717, 1.165) is 17.0 Å². The zero-order chi connectivity index (χ0) is 22.5. The van der Waals surface area contributed by atoms with Crippen molar-refractivity contribution in [1.29, 1.82) is 0 Å². The number of ether oxygens (including phenoxy) is 1. The van der Waals surface area contributed by atoms with E-state index in [2.05, 4.69) is 20.6 Å². The highest BCUT2D eigenvalue weighted by Crippen LogP contribution is 2.29. The lowest BCUT2D eigenvalue weighted by molar-refractivity contribution is -0.118. The highest BCUT2D eigenvalue weighted by molar-refractivity contribution is 5.91. The highest BCUT2D eigenvalue weighted by Gasteiger charge is 2.29. The number of amides is 2. The van der Waals surface area contributed by atoms with Gasteiger partial charge in [-0.2, -0.15) is 0 Å². The maximum Gasteiger partial charge on any atom is 0.419 e. The van der Waals surface area contributed by atoms with Gasteiger partial charge in [-0.25, -0.2) is 14.2 Å². The molecule has 0 aliphatic carbocycles. The van der Waals surface area contributed by atoms with Crippen LogP contribution in [0.2, 0.25) is 0 Å². The molecular formula is C23H22FN5O3. The molecular weight excluding hydrogens is 413 g/mol. The largest absolute Gasteiger partial charge is 0.419 e. The molecule has 8 nitrogen and oxygen atoms in total. The van der Waals surface area contributed by atoms with Gasteiger partial charge in [0.25, 0.3) is 0 Å². The van der Waals surface area contributed by atoms with Crippen molar-refractivity contribution in [3.05, 3.63) is 84.0 Å². The molecule has 0 unspecified atom stereocenters. The number of anilines is 1. The Morgan fingerprint density at radius 2 is 2.06 bits per heavy atom. The van der Waals surface area contributed by atoms with Crippen LogP contribution in [0, 0.1) is 5.82 Å². The first kappa shape index (κ1) is 21.3. The third-order valence-corrected chi connectivity index (χ3v) is 4.89. The van der Waals surface area contributed by atoms with E-state index >= 15 is 0 Å². The number of benzene rings is 2. The number of H-pyrrole nitrogens is 1. The van der Waals surface area contributed by atoms with Crippen molar-refractivity contribution in [3.8, 4) is 11.1 Å². The smallest absolute Gasteiger partial charge is 0.411 e. The number of hydrogen-bond acceptors (Lipinski definition) is 5. The summed E-state index contributed by atoms with van der Waals surface area (Å²) in [5.74, 6) is 0.425. The first-order valence-corrected chi connectivity index (χ1v) is 10.0. The summed E-state index contributed by atoms with van der Waals surface area (Å²) in [5, 5.41) is 5.75. The molecule has 9 heteroatoms. The molecule has 0 saturated carbocycles. The minimum atomic E-state index is -0.625. The molecule has 1 aromatic heterocycles.